The fourth-order valence-electron chi connectivity index (χ4n) is 1.76. The van der Waals surface area contributed by atoms with E-state index in [1.807, 2.05) is 0 Å². The smallest absolute Gasteiger partial charge is 0.129 e. The summed E-state index contributed by atoms with van der Waals surface area (Å²) >= 11 is 0. The van der Waals surface area contributed by atoms with Gasteiger partial charge in [0, 0.05) is 18.0 Å². The topological polar surface area (TPSA) is 12.0 Å². The van der Waals surface area contributed by atoms with Crippen molar-refractivity contribution < 1.29 is 8.78 Å². The summed E-state index contributed by atoms with van der Waals surface area (Å²) in [4.78, 5) is 0. The van der Waals surface area contributed by atoms with E-state index in [9.17, 15) is 8.78 Å². The second-order valence-corrected chi connectivity index (χ2v) is 4.19. The van der Waals surface area contributed by atoms with Crippen LogP contribution in [-0.2, 0) is 6.42 Å². The first-order valence-electron chi connectivity index (χ1n) is 6.24. The van der Waals surface area contributed by atoms with Crippen molar-refractivity contribution in [3.63, 3.8) is 0 Å². The quantitative estimate of drug-likeness (QED) is 0.765. The molecule has 0 fully saturated rings. The van der Waals surface area contributed by atoms with Crippen LogP contribution in [0, 0.1) is 23.5 Å². The van der Waals surface area contributed by atoms with Crippen LogP contribution in [-0.4, -0.2) is 12.6 Å². The second-order valence-electron chi connectivity index (χ2n) is 4.19. The first-order chi connectivity index (χ1) is 8.69. The van der Waals surface area contributed by atoms with Crippen molar-refractivity contribution in [2.75, 3.05) is 6.54 Å². The maximum atomic E-state index is 13.6. The van der Waals surface area contributed by atoms with Crippen LogP contribution >= 0.6 is 0 Å². The molecule has 0 aliphatic rings. The molecule has 0 saturated carbocycles. The standard InChI is InChI=1S/C15H19F2N/c1-3-5-7-12(18-10-4-2)11-13-14(16)8-6-9-15(13)17/h6,8-9,12,18H,4,7,10-11H2,1-2H3. The first-order valence-corrected chi connectivity index (χ1v) is 6.24. The highest BCUT2D eigenvalue weighted by molar-refractivity contribution is 5.21. The fourth-order valence-corrected chi connectivity index (χ4v) is 1.76. The Morgan fingerprint density at radius 1 is 1.28 bits per heavy atom. The Kier molecular flexibility index (Phi) is 6.38. The number of halogens is 2. The van der Waals surface area contributed by atoms with E-state index in [2.05, 4.69) is 24.1 Å². The van der Waals surface area contributed by atoms with Gasteiger partial charge in [-0.15, -0.1) is 11.8 Å². The van der Waals surface area contributed by atoms with Crippen LogP contribution in [0.4, 0.5) is 8.78 Å². The van der Waals surface area contributed by atoms with E-state index in [0.29, 0.717) is 12.8 Å². The third-order valence-electron chi connectivity index (χ3n) is 2.72. The zero-order valence-corrected chi connectivity index (χ0v) is 10.9. The summed E-state index contributed by atoms with van der Waals surface area (Å²) < 4.78 is 27.1. The number of rotatable bonds is 6. The van der Waals surface area contributed by atoms with Gasteiger partial charge in [0.25, 0.3) is 0 Å². The highest BCUT2D eigenvalue weighted by Crippen LogP contribution is 2.15. The molecule has 1 atom stereocenters. The highest BCUT2D eigenvalue weighted by atomic mass is 19.1. The van der Waals surface area contributed by atoms with Gasteiger partial charge in [-0.1, -0.05) is 13.0 Å². The zero-order chi connectivity index (χ0) is 13.4. The fraction of sp³-hybridized carbons (Fsp3) is 0.467. The van der Waals surface area contributed by atoms with Crippen LogP contribution in [0.5, 0.6) is 0 Å². The molecule has 98 valence electrons. The molecule has 3 heteroatoms. The molecular formula is C15H19F2N. The van der Waals surface area contributed by atoms with E-state index >= 15 is 0 Å². The Bertz CT molecular complexity index is 412. The number of benzene rings is 1. The van der Waals surface area contributed by atoms with Crippen molar-refractivity contribution in [2.24, 2.45) is 0 Å². The Morgan fingerprint density at radius 3 is 2.50 bits per heavy atom. The molecule has 1 N–H and O–H groups in total. The molecule has 0 aromatic heterocycles. The summed E-state index contributed by atoms with van der Waals surface area (Å²) in [5.41, 5.74) is 0.143. The largest absolute Gasteiger partial charge is 0.313 e. The van der Waals surface area contributed by atoms with E-state index in [4.69, 9.17) is 0 Å². The molecule has 1 unspecified atom stereocenters. The summed E-state index contributed by atoms with van der Waals surface area (Å²) in [5, 5.41) is 3.27. The summed E-state index contributed by atoms with van der Waals surface area (Å²) in [6.45, 7) is 4.64. The van der Waals surface area contributed by atoms with Crippen LogP contribution in [0.2, 0.25) is 0 Å². The third-order valence-corrected chi connectivity index (χ3v) is 2.72. The minimum absolute atomic E-state index is 0.0104. The van der Waals surface area contributed by atoms with Gasteiger partial charge in [-0.3, -0.25) is 0 Å². The van der Waals surface area contributed by atoms with Crippen molar-refractivity contribution in [1.29, 1.82) is 0 Å². The van der Waals surface area contributed by atoms with Gasteiger partial charge < -0.3 is 5.32 Å². The number of hydrogen-bond donors (Lipinski definition) is 1. The van der Waals surface area contributed by atoms with Gasteiger partial charge in [0.1, 0.15) is 11.6 Å². The van der Waals surface area contributed by atoms with Crippen LogP contribution in [0.3, 0.4) is 0 Å². The monoisotopic (exact) mass is 251 g/mol. The number of hydrogen-bond acceptors (Lipinski definition) is 1. The average Bonchev–Trinajstić information content (AvgIpc) is 2.36. The molecule has 0 aliphatic carbocycles. The molecule has 1 aromatic rings. The lowest BCUT2D eigenvalue weighted by Crippen LogP contribution is -2.32. The summed E-state index contributed by atoms with van der Waals surface area (Å²) in [7, 11) is 0. The summed E-state index contributed by atoms with van der Waals surface area (Å²) in [5.74, 6) is 4.80. The molecule has 18 heavy (non-hydrogen) atoms. The van der Waals surface area contributed by atoms with Gasteiger partial charge in [-0.25, -0.2) is 8.78 Å². The second kappa shape index (κ2) is 7.84. The molecule has 0 saturated heterocycles. The molecular weight excluding hydrogens is 232 g/mol. The van der Waals surface area contributed by atoms with Crippen molar-refractivity contribution in [3.8, 4) is 11.8 Å². The normalized spacial score (nSPS) is 11.8. The Hall–Kier alpha value is -1.40. The van der Waals surface area contributed by atoms with E-state index in [1.54, 1.807) is 6.92 Å². The molecule has 0 amide bonds. The Labute approximate surface area is 108 Å². The summed E-state index contributed by atoms with van der Waals surface area (Å²) in [6.07, 6.45) is 1.91. The van der Waals surface area contributed by atoms with Crippen molar-refractivity contribution >= 4 is 0 Å². The summed E-state index contributed by atoms with van der Waals surface area (Å²) in [6, 6.07) is 3.96. The van der Waals surface area contributed by atoms with Crippen molar-refractivity contribution in [1.82, 2.24) is 5.32 Å². The predicted molar refractivity (Wildman–Crippen MR) is 70.2 cm³/mol. The van der Waals surface area contributed by atoms with Crippen molar-refractivity contribution in [3.05, 3.63) is 35.4 Å². The van der Waals surface area contributed by atoms with Crippen LogP contribution < -0.4 is 5.32 Å². The van der Waals surface area contributed by atoms with Gasteiger partial charge in [-0.2, -0.15) is 0 Å². The zero-order valence-electron chi connectivity index (χ0n) is 10.9. The lowest BCUT2D eigenvalue weighted by Gasteiger charge is -2.16. The molecule has 0 bridgehead atoms. The van der Waals surface area contributed by atoms with Gasteiger partial charge in [0.15, 0.2) is 0 Å². The minimum Gasteiger partial charge on any atom is -0.313 e. The van der Waals surface area contributed by atoms with Gasteiger partial charge in [-0.05, 0) is 38.4 Å². The lowest BCUT2D eigenvalue weighted by molar-refractivity contribution is 0.483. The van der Waals surface area contributed by atoms with Crippen LogP contribution in [0.25, 0.3) is 0 Å². The SMILES string of the molecule is CC#CCC(Cc1c(F)cccc1F)NCCC. The highest BCUT2D eigenvalue weighted by Gasteiger charge is 2.14. The first kappa shape index (κ1) is 14.7. The van der Waals surface area contributed by atoms with E-state index in [-0.39, 0.29) is 11.6 Å². The Morgan fingerprint density at radius 2 is 1.94 bits per heavy atom. The molecule has 0 spiro atoms. The molecule has 1 rings (SSSR count). The van der Waals surface area contributed by atoms with Crippen LogP contribution in [0.15, 0.2) is 18.2 Å². The molecule has 1 aromatic carbocycles. The third kappa shape index (κ3) is 4.46. The van der Waals surface area contributed by atoms with E-state index in [1.165, 1.54) is 18.2 Å². The number of nitrogens with one attached hydrogen (secondary N) is 1. The van der Waals surface area contributed by atoms with Gasteiger partial charge in [0.05, 0.1) is 0 Å². The molecule has 0 heterocycles. The molecule has 1 nitrogen and oxygen atoms in total. The maximum Gasteiger partial charge on any atom is 0.129 e. The molecule has 0 radical (unpaired) electrons. The minimum atomic E-state index is -0.484. The average molecular weight is 251 g/mol. The van der Waals surface area contributed by atoms with Gasteiger partial charge >= 0.3 is 0 Å². The Balaban J connectivity index is 2.76. The maximum absolute atomic E-state index is 13.6. The van der Waals surface area contributed by atoms with Crippen LogP contribution in [0.1, 0.15) is 32.3 Å². The predicted octanol–water partition coefficient (Wildman–Crippen LogP) is 3.29. The van der Waals surface area contributed by atoms with E-state index in [0.717, 1.165) is 13.0 Å². The molecule has 0 aliphatic heterocycles. The van der Waals surface area contributed by atoms with Crippen molar-refractivity contribution in [2.45, 2.75) is 39.2 Å². The lowest BCUT2D eigenvalue weighted by atomic mass is 10.0. The van der Waals surface area contributed by atoms with Gasteiger partial charge in [0.2, 0.25) is 0 Å². The van der Waals surface area contributed by atoms with E-state index < -0.39 is 11.6 Å².